The number of ether oxygens (including phenoxy) is 2. The third-order valence-corrected chi connectivity index (χ3v) is 2.73. The molecule has 1 amide bonds. The minimum Gasteiger partial charge on any atom is -0.486 e. The smallest absolute Gasteiger partial charge is 0.236 e. The maximum atomic E-state index is 11.3. The van der Waals surface area contributed by atoms with Crippen molar-refractivity contribution in [3.63, 3.8) is 0 Å². The van der Waals surface area contributed by atoms with Crippen molar-refractivity contribution in [1.29, 1.82) is 0 Å². The van der Waals surface area contributed by atoms with Crippen molar-refractivity contribution in [2.24, 2.45) is 5.73 Å². The summed E-state index contributed by atoms with van der Waals surface area (Å²) in [5.74, 6) is 1.43. The summed E-state index contributed by atoms with van der Waals surface area (Å²) in [5, 5.41) is 2.77. The first-order valence-corrected chi connectivity index (χ1v) is 6.08. The average Bonchev–Trinajstić information content (AvgIpc) is 2.38. The highest BCUT2D eigenvalue weighted by Gasteiger charge is 2.12. The normalized spacial score (nSPS) is 15.0. The number of carbonyl (C=O) groups excluding carboxylic acids is 1. The van der Waals surface area contributed by atoms with Gasteiger partial charge in [-0.05, 0) is 31.0 Å². The fourth-order valence-electron chi connectivity index (χ4n) is 1.73. The van der Waals surface area contributed by atoms with E-state index in [9.17, 15) is 4.79 Å². The van der Waals surface area contributed by atoms with E-state index in [1.165, 1.54) is 0 Å². The zero-order valence-corrected chi connectivity index (χ0v) is 10.4. The van der Waals surface area contributed by atoms with Crippen LogP contribution in [0.25, 0.3) is 0 Å². The molecule has 1 aromatic rings. The van der Waals surface area contributed by atoms with Gasteiger partial charge in [0, 0.05) is 6.54 Å². The molecule has 1 heterocycles. The Bertz CT molecular complexity index is 432. The molecule has 0 spiro atoms. The molecule has 5 nitrogen and oxygen atoms in total. The molecule has 0 unspecified atom stereocenters. The maximum absolute atomic E-state index is 11.3. The number of nitrogens with two attached hydrogens (primary N) is 1. The highest BCUT2D eigenvalue weighted by molar-refractivity contribution is 5.80. The second-order valence-corrected chi connectivity index (χ2v) is 4.31. The molecule has 0 aliphatic carbocycles. The molecule has 0 fully saturated rings. The Morgan fingerprint density at radius 2 is 2.11 bits per heavy atom. The SMILES string of the molecule is C[C@H](N)C(=O)NCCc1ccc2c(c1)OCCO2. The molecule has 1 aromatic carbocycles. The first kappa shape index (κ1) is 12.7. The summed E-state index contributed by atoms with van der Waals surface area (Å²) in [7, 11) is 0. The van der Waals surface area contributed by atoms with Crippen LogP contribution in [0.1, 0.15) is 12.5 Å². The van der Waals surface area contributed by atoms with Crippen molar-refractivity contribution in [3.8, 4) is 11.5 Å². The first-order valence-electron chi connectivity index (χ1n) is 6.08. The molecule has 0 aromatic heterocycles. The van der Waals surface area contributed by atoms with Crippen LogP contribution in [-0.2, 0) is 11.2 Å². The van der Waals surface area contributed by atoms with Gasteiger partial charge in [-0.3, -0.25) is 4.79 Å². The zero-order chi connectivity index (χ0) is 13.0. The van der Waals surface area contributed by atoms with E-state index in [4.69, 9.17) is 15.2 Å². The van der Waals surface area contributed by atoms with Crippen molar-refractivity contribution in [2.45, 2.75) is 19.4 Å². The van der Waals surface area contributed by atoms with Gasteiger partial charge in [-0.2, -0.15) is 0 Å². The lowest BCUT2D eigenvalue weighted by atomic mass is 10.1. The van der Waals surface area contributed by atoms with Crippen molar-refractivity contribution in [1.82, 2.24) is 5.32 Å². The van der Waals surface area contributed by atoms with Gasteiger partial charge >= 0.3 is 0 Å². The number of rotatable bonds is 4. The van der Waals surface area contributed by atoms with Crippen molar-refractivity contribution in [2.75, 3.05) is 19.8 Å². The molecular weight excluding hydrogens is 232 g/mol. The summed E-state index contributed by atoms with van der Waals surface area (Å²) in [6, 6.07) is 5.36. The molecule has 18 heavy (non-hydrogen) atoms. The number of carbonyl (C=O) groups is 1. The monoisotopic (exact) mass is 250 g/mol. The van der Waals surface area contributed by atoms with Gasteiger partial charge < -0.3 is 20.5 Å². The van der Waals surface area contributed by atoms with Crippen LogP contribution in [0, 0.1) is 0 Å². The minimum absolute atomic E-state index is 0.132. The van der Waals surface area contributed by atoms with Crippen LogP contribution in [0.2, 0.25) is 0 Å². The molecule has 1 aliphatic rings. The van der Waals surface area contributed by atoms with Crippen LogP contribution >= 0.6 is 0 Å². The van der Waals surface area contributed by atoms with Gasteiger partial charge in [0.15, 0.2) is 11.5 Å². The number of fused-ring (bicyclic) bond motifs is 1. The van der Waals surface area contributed by atoms with Crippen LogP contribution in [-0.4, -0.2) is 31.7 Å². The quantitative estimate of drug-likeness (QED) is 0.814. The van der Waals surface area contributed by atoms with Gasteiger partial charge in [-0.25, -0.2) is 0 Å². The highest BCUT2D eigenvalue weighted by atomic mass is 16.6. The Hall–Kier alpha value is -1.75. The number of hydrogen-bond acceptors (Lipinski definition) is 4. The molecular formula is C13H18N2O3. The lowest BCUT2D eigenvalue weighted by molar-refractivity contribution is -0.121. The molecule has 1 aliphatic heterocycles. The molecule has 0 bridgehead atoms. The standard InChI is InChI=1S/C13H18N2O3/c1-9(14)13(16)15-5-4-10-2-3-11-12(8-10)18-7-6-17-11/h2-3,8-9H,4-7,14H2,1H3,(H,15,16)/t9-/m0/s1. The fraction of sp³-hybridized carbons (Fsp3) is 0.462. The topological polar surface area (TPSA) is 73.6 Å². The van der Waals surface area contributed by atoms with E-state index in [1.807, 2.05) is 18.2 Å². The van der Waals surface area contributed by atoms with Gasteiger partial charge in [0.05, 0.1) is 6.04 Å². The second kappa shape index (κ2) is 5.73. The van der Waals surface area contributed by atoms with Gasteiger partial charge in [-0.15, -0.1) is 0 Å². The summed E-state index contributed by atoms with van der Waals surface area (Å²) >= 11 is 0. The van der Waals surface area contributed by atoms with E-state index in [2.05, 4.69) is 5.32 Å². The van der Waals surface area contributed by atoms with E-state index < -0.39 is 6.04 Å². The van der Waals surface area contributed by atoms with Crippen LogP contribution in [0.4, 0.5) is 0 Å². The van der Waals surface area contributed by atoms with Crippen LogP contribution < -0.4 is 20.5 Å². The molecule has 98 valence electrons. The van der Waals surface area contributed by atoms with Crippen molar-refractivity contribution < 1.29 is 14.3 Å². The summed E-state index contributed by atoms with van der Waals surface area (Å²) in [6.45, 7) is 3.41. The third-order valence-electron chi connectivity index (χ3n) is 2.73. The number of amides is 1. The largest absolute Gasteiger partial charge is 0.486 e. The Morgan fingerprint density at radius 1 is 1.39 bits per heavy atom. The molecule has 3 N–H and O–H groups in total. The second-order valence-electron chi connectivity index (χ2n) is 4.31. The summed E-state index contributed by atoms with van der Waals surface area (Å²) in [4.78, 5) is 11.3. The van der Waals surface area contributed by atoms with Crippen LogP contribution in [0.15, 0.2) is 18.2 Å². The Balaban J connectivity index is 1.88. The first-order chi connectivity index (χ1) is 8.66. The fourth-order valence-corrected chi connectivity index (χ4v) is 1.73. The van der Waals surface area contributed by atoms with Crippen LogP contribution in [0.5, 0.6) is 11.5 Å². The molecule has 0 saturated heterocycles. The number of nitrogens with one attached hydrogen (secondary N) is 1. The molecule has 2 rings (SSSR count). The average molecular weight is 250 g/mol. The Morgan fingerprint density at radius 3 is 2.83 bits per heavy atom. The summed E-state index contributed by atoms with van der Waals surface area (Å²) in [6.07, 6.45) is 0.745. The van der Waals surface area contributed by atoms with Gasteiger partial charge in [0.2, 0.25) is 5.91 Å². The van der Waals surface area contributed by atoms with Gasteiger partial charge in [0.1, 0.15) is 13.2 Å². The van der Waals surface area contributed by atoms with Crippen molar-refractivity contribution in [3.05, 3.63) is 23.8 Å². The van der Waals surface area contributed by atoms with Crippen molar-refractivity contribution >= 4 is 5.91 Å². The lowest BCUT2D eigenvalue weighted by Crippen LogP contribution is -2.39. The predicted molar refractivity (Wildman–Crippen MR) is 67.8 cm³/mol. The van der Waals surface area contributed by atoms with Gasteiger partial charge in [0.25, 0.3) is 0 Å². The Labute approximate surface area is 106 Å². The number of benzene rings is 1. The Kier molecular flexibility index (Phi) is 4.04. The predicted octanol–water partition coefficient (Wildman–Crippen LogP) is 0.464. The highest BCUT2D eigenvalue weighted by Crippen LogP contribution is 2.30. The maximum Gasteiger partial charge on any atom is 0.236 e. The van der Waals surface area contributed by atoms with E-state index in [-0.39, 0.29) is 5.91 Å². The summed E-state index contributed by atoms with van der Waals surface area (Å²) in [5.41, 5.74) is 6.56. The lowest BCUT2D eigenvalue weighted by Gasteiger charge is -2.19. The van der Waals surface area contributed by atoms with E-state index in [0.29, 0.717) is 19.8 Å². The van der Waals surface area contributed by atoms with Gasteiger partial charge in [-0.1, -0.05) is 6.07 Å². The van der Waals surface area contributed by atoms with Crippen LogP contribution in [0.3, 0.4) is 0 Å². The molecule has 1 atom stereocenters. The summed E-state index contributed by atoms with van der Waals surface area (Å²) < 4.78 is 10.9. The molecule has 5 heteroatoms. The third kappa shape index (κ3) is 3.13. The van der Waals surface area contributed by atoms with E-state index >= 15 is 0 Å². The van der Waals surface area contributed by atoms with E-state index in [1.54, 1.807) is 6.92 Å². The van der Waals surface area contributed by atoms with E-state index in [0.717, 1.165) is 23.5 Å². The zero-order valence-electron chi connectivity index (χ0n) is 10.4. The number of hydrogen-bond donors (Lipinski definition) is 2. The minimum atomic E-state index is -0.467. The molecule has 0 radical (unpaired) electrons. The molecule has 0 saturated carbocycles.